The van der Waals surface area contributed by atoms with E-state index in [2.05, 4.69) is 44.5 Å². The highest BCUT2D eigenvalue weighted by Gasteiger charge is 2.31. The summed E-state index contributed by atoms with van der Waals surface area (Å²) in [5, 5.41) is 4.93. The molecule has 33 heavy (non-hydrogen) atoms. The van der Waals surface area contributed by atoms with Crippen molar-refractivity contribution in [3.05, 3.63) is 77.0 Å². The zero-order valence-corrected chi connectivity index (χ0v) is 18.7. The summed E-state index contributed by atoms with van der Waals surface area (Å²) in [4.78, 5) is 24.8. The number of fused-ring (bicyclic) bond motifs is 4. The minimum atomic E-state index is -0.154. The number of nitrogens with one attached hydrogen (secondary N) is 2. The summed E-state index contributed by atoms with van der Waals surface area (Å²) in [5.41, 5.74) is 6.35. The molecule has 1 aliphatic heterocycles. The molecule has 2 aromatic carbocycles. The van der Waals surface area contributed by atoms with Crippen molar-refractivity contribution in [2.24, 2.45) is 0 Å². The Morgan fingerprint density at radius 2 is 2.03 bits per heavy atom. The molecule has 3 heterocycles. The lowest BCUT2D eigenvalue weighted by Gasteiger charge is -2.23. The Morgan fingerprint density at radius 1 is 1.18 bits per heavy atom. The average Bonchev–Trinajstić information content (AvgIpc) is 3.44. The summed E-state index contributed by atoms with van der Waals surface area (Å²) >= 11 is 6.51. The summed E-state index contributed by atoms with van der Waals surface area (Å²) in [6, 6.07) is 12.2. The summed E-state index contributed by atoms with van der Waals surface area (Å²) in [7, 11) is 0. The molecule has 6 rings (SSSR count). The van der Waals surface area contributed by atoms with Gasteiger partial charge in [-0.2, -0.15) is 0 Å². The Balaban J connectivity index is 1.16. The average molecular weight is 459 g/mol. The molecule has 2 aliphatic rings. The molecule has 0 saturated carbocycles. The Labute approximate surface area is 196 Å². The highest BCUT2D eigenvalue weighted by Crippen LogP contribution is 2.40. The molecule has 2 atom stereocenters. The van der Waals surface area contributed by atoms with Gasteiger partial charge in [-0.3, -0.25) is 4.79 Å². The van der Waals surface area contributed by atoms with Gasteiger partial charge < -0.3 is 15.0 Å². The highest BCUT2D eigenvalue weighted by atomic mass is 35.5. The van der Waals surface area contributed by atoms with Crippen molar-refractivity contribution in [2.45, 2.75) is 37.7 Å². The van der Waals surface area contributed by atoms with Crippen LogP contribution in [0.4, 0.5) is 0 Å². The number of aromatic amines is 1. The van der Waals surface area contributed by atoms with E-state index in [9.17, 15) is 4.79 Å². The van der Waals surface area contributed by atoms with Gasteiger partial charge >= 0.3 is 0 Å². The Morgan fingerprint density at radius 3 is 2.91 bits per heavy atom. The lowest BCUT2D eigenvalue weighted by molar-refractivity contribution is -0.123. The van der Waals surface area contributed by atoms with E-state index in [0.29, 0.717) is 23.7 Å². The van der Waals surface area contributed by atoms with Crippen LogP contribution in [0.3, 0.4) is 0 Å². The normalized spacial score (nSPS) is 19.1. The van der Waals surface area contributed by atoms with Gasteiger partial charge in [-0.15, -0.1) is 0 Å². The fraction of sp³-hybridized carbons (Fsp3) is 0.269. The molecule has 0 saturated heterocycles. The van der Waals surface area contributed by atoms with Crippen LogP contribution >= 0.6 is 11.6 Å². The number of aromatic nitrogens is 3. The molecule has 7 heteroatoms. The number of halogens is 1. The monoisotopic (exact) mass is 458 g/mol. The van der Waals surface area contributed by atoms with Crippen LogP contribution in [0.25, 0.3) is 22.0 Å². The zero-order chi connectivity index (χ0) is 22.4. The van der Waals surface area contributed by atoms with E-state index in [4.69, 9.17) is 16.3 Å². The fourth-order valence-electron chi connectivity index (χ4n) is 5.13. The topological polar surface area (TPSA) is 79.9 Å². The molecule has 2 aromatic heterocycles. The maximum Gasteiger partial charge on any atom is 0.229 e. The van der Waals surface area contributed by atoms with Crippen molar-refractivity contribution in [1.82, 2.24) is 20.3 Å². The molecule has 166 valence electrons. The zero-order valence-electron chi connectivity index (χ0n) is 18.0. The number of nitrogens with zero attached hydrogens (tertiary/aromatic N) is 2. The lowest BCUT2D eigenvalue weighted by Crippen LogP contribution is -2.38. The molecule has 4 aromatic rings. The predicted molar refractivity (Wildman–Crippen MR) is 128 cm³/mol. The second-order valence-corrected chi connectivity index (χ2v) is 9.18. The summed E-state index contributed by atoms with van der Waals surface area (Å²) in [5.74, 6) is 0.598. The number of para-hydroxylation sites is 1. The van der Waals surface area contributed by atoms with Crippen molar-refractivity contribution in [2.75, 3.05) is 6.54 Å². The van der Waals surface area contributed by atoms with E-state index < -0.39 is 0 Å². The third-order valence-electron chi connectivity index (χ3n) is 6.68. The minimum Gasteiger partial charge on any atom is -0.486 e. The van der Waals surface area contributed by atoms with Crippen LogP contribution in [-0.4, -0.2) is 33.5 Å². The van der Waals surface area contributed by atoms with E-state index in [1.807, 2.05) is 12.1 Å². The van der Waals surface area contributed by atoms with Crippen LogP contribution in [0.5, 0.6) is 5.75 Å². The number of hydrogen-bond acceptors (Lipinski definition) is 4. The first kappa shape index (κ1) is 20.2. The van der Waals surface area contributed by atoms with Gasteiger partial charge in [0.05, 0.1) is 17.5 Å². The van der Waals surface area contributed by atoms with Crippen molar-refractivity contribution < 1.29 is 9.53 Å². The van der Waals surface area contributed by atoms with Crippen LogP contribution in [0, 0.1) is 0 Å². The highest BCUT2D eigenvalue weighted by molar-refractivity contribution is 6.32. The van der Waals surface area contributed by atoms with Gasteiger partial charge in [-0.1, -0.05) is 29.8 Å². The molecular formula is C26H23ClN4O2. The van der Waals surface area contributed by atoms with Crippen molar-refractivity contribution in [3.8, 4) is 16.9 Å². The Hall–Kier alpha value is -3.38. The van der Waals surface area contributed by atoms with Gasteiger partial charge in [0.15, 0.2) is 0 Å². The van der Waals surface area contributed by atoms with E-state index in [1.165, 1.54) is 17.3 Å². The Bertz CT molecular complexity index is 1350. The van der Waals surface area contributed by atoms with Crippen molar-refractivity contribution >= 4 is 28.4 Å². The van der Waals surface area contributed by atoms with Crippen LogP contribution in [-0.2, 0) is 17.6 Å². The van der Waals surface area contributed by atoms with Crippen LogP contribution in [0.2, 0.25) is 5.02 Å². The molecule has 0 radical (unpaired) electrons. The van der Waals surface area contributed by atoms with Crippen LogP contribution in [0.15, 0.2) is 55.1 Å². The maximum atomic E-state index is 13.1. The number of hydrogen-bond donors (Lipinski definition) is 2. The molecule has 1 aliphatic carbocycles. The molecule has 2 N–H and O–H groups in total. The number of rotatable bonds is 4. The summed E-state index contributed by atoms with van der Waals surface area (Å²) in [6.07, 6.45) is 8.46. The first-order chi connectivity index (χ1) is 16.2. The number of carbonyl (C=O) groups excluding carboxylic acids is 1. The number of benzene rings is 2. The molecular weight excluding hydrogens is 436 g/mol. The van der Waals surface area contributed by atoms with E-state index >= 15 is 0 Å². The second kappa shape index (κ2) is 8.19. The van der Waals surface area contributed by atoms with E-state index in [0.717, 1.165) is 47.2 Å². The third kappa shape index (κ3) is 3.64. The van der Waals surface area contributed by atoms with Gasteiger partial charge in [0.25, 0.3) is 0 Å². The fourth-order valence-corrected chi connectivity index (χ4v) is 5.41. The van der Waals surface area contributed by atoms with Crippen LogP contribution < -0.4 is 10.1 Å². The van der Waals surface area contributed by atoms with E-state index in [1.54, 1.807) is 12.4 Å². The molecule has 0 bridgehead atoms. The molecule has 1 amide bonds. The quantitative estimate of drug-likeness (QED) is 0.459. The smallest absolute Gasteiger partial charge is 0.229 e. The SMILES string of the molecule is O=C(NC[C@H]1Cc2cc(-c3cncnc3)cc(Cl)c2O1)[C@@H]1CCCc2c1[nH]c1ccccc21. The van der Waals surface area contributed by atoms with Gasteiger partial charge in [0.1, 0.15) is 18.2 Å². The van der Waals surface area contributed by atoms with Crippen LogP contribution in [0.1, 0.15) is 35.6 Å². The van der Waals surface area contributed by atoms with E-state index in [-0.39, 0.29) is 17.9 Å². The maximum absolute atomic E-state index is 13.1. The molecule has 6 nitrogen and oxygen atoms in total. The van der Waals surface area contributed by atoms with Gasteiger partial charge in [0, 0.05) is 46.5 Å². The van der Waals surface area contributed by atoms with Crippen molar-refractivity contribution in [1.29, 1.82) is 0 Å². The first-order valence-electron chi connectivity index (χ1n) is 11.3. The number of aryl methyl sites for hydroxylation is 1. The summed E-state index contributed by atoms with van der Waals surface area (Å²) in [6.45, 7) is 0.444. The van der Waals surface area contributed by atoms with Gasteiger partial charge in [0.2, 0.25) is 5.91 Å². The number of ether oxygens (including phenoxy) is 1. The first-order valence-corrected chi connectivity index (χ1v) is 11.7. The summed E-state index contributed by atoms with van der Waals surface area (Å²) < 4.78 is 6.10. The van der Waals surface area contributed by atoms with Gasteiger partial charge in [-0.25, -0.2) is 9.97 Å². The second-order valence-electron chi connectivity index (χ2n) is 8.77. The largest absolute Gasteiger partial charge is 0.486 e. The lowest BCUT2D eigenvalue weighted by atomic mass is 9.86. The molecule has 0 spiro atoms. The van der Waals surface area contributed by atoms with Crippen molar-refractivity contribution in [3.63, 3.8) is 0 Å². The predicted octanol–water partition coefficient (Wildman–Crippen LogP) is 4.82. The third-order valence-corrected chi connectivity index (χ3v) is 6.96. The molecule has 0 fully saturated rings. The minimum absolute atomic E-state index is 0.0512. The molecule has 0 unspecified atom stereocenters. The number of amides is 1. The Kier molecular flexibility index (Phi) is 5.03. The number of H-pyrrole nitrogens is 1. The van der Waals surface area contributed by atoms with Gasteiger partial charge in [-0.05, 0) is 48.6 Å². The standard InChI is InChI=1S/C26H23ClN4O2/c27-22-10-15(17-11-28-14-29-12-17)8-16-9-18(33-25(16)22)13-30-26(32)21-6-3-5-20-19-4-1-2-7-23(19)31-24(20)21/h1-2,4,7-8,10-12,14,18,21,31H,3,5-6,9,13H2,(H,30,32)/t18-,21-/m1/s1. The number of carbonyl (C=O) groups is 1.